The number of anilines is 6. The van der Waals surface area contributed by atoms with Crippen molar-refractivity contribution in [1.82, 2.24) is 0 Å². The predicted octanol–water partition coefficient (Wildman–Crippen LogP) is 19.8. The largest absolute Gasteiger partial charge is 0.416 e. The zero-order valence-corrected chi connectivity index (χ0v) is 38.5. The maximum atomic E-state index is 13.3. The molecule has 8 aromatic carbocycles. The molecule has 0 unspecified atom stereocenters. The first-order valence-electron chi connectivity index (χ1n) is 22.6. The third-order valence-electron chi connectivity index (χ3n) is 11.6. The predicted molar refractivity (Wildman–Crippen MR) is 270 cm³/mol. The molecular formula is C60H40F12N2. The fourth-order valence-electron chi connectivity index (χ4n) is 7.80. The summed E-state index contributed by atoms with van der Waals surface area (Å²) in [6.45, 7) is 0. The summed E-state index contributed by atoms with van der Waals surface area (Å²) in [4.78, 5) is 3.15. The summed E-state index contributed by atoms with van der Waals surface area (Å²) in [6.07, 6.45) is -3.18. The zero-order valence-electron chi connectivity index (χ0n) is 38.5. The fraction of sp³-hybridized carbons (Fsp3) is 0.0667. The lowest BCUT2D eigenvalue weighted by Gasteiger charge is -2.26. The lowest BCUT2D eigenvalue weighted by molar-refractivity contribution is -0.138. The van der Waals surface area contributed by atoms with Crippen LogP contribution in [0.15, 0.2) is 218 Å². The number of allylic oxidation sites excluding steroid dienone is 4. The van der Waals surface area contributed by atoms with E-state index in [0.29, 0.717) is 34.1 Å². The quantitative estimate of drug-likeness (QED) is 0.0839. The highest BCUT2D eigenvalue weighted by atomic mass is 19.4. The van der Waals surface area contributed by atoms with E-state index < -0.39 is 47.0 Å². The van der Waals surface area contributed by atoms with Crippen LogP contribution >= 0.6 is 0 Å². The SMILES string of the molecule is FC(F)(F)c1ccc(N(c2ccc(/C=C/C=C/c3ccc(-c4ccc(/C=C/C=C/c5ccc(N(c6ccc(C(F)(F)F)cc6)c6ccc(C(F)(F)F)cc6)cc5)cc4)cc3)cc2)c2ccc(C(F)(F)F)cc2)cc1. The van der Waals surface area contributed by atoms with E-state index in [1.54, 1.807) is 58.3 Å². The van der Waals surface area contributed by atoms with E-state index in [-0.39, 0.29) is 0 Å². The van der Waals surface area contributed by atoms with Gasteiger partial charge in [-0.15, -0.1) is 0 Å². The van der Waals surface area contributed by atoms with Crippen LogP contribution in [0, 0.1) is 0 Å². The molecule has 0 bridgehead atoms. The number of rotatable bonds is 13. The molecule has 0 heterocycles. The first kappa shape index (κ1) is 51.8. The molecule has 0 saturated carbocycles. The molecule has 2 nitrogen and oxygen atoms in total. The van der Waals surface area contributed by atoms with Crippen molar-refractivity contribution in [2.75, 3.05) is 9.80 Å². The Morgan fingerprint density at radius 2 is 0.378 bits per heavy atom. The van der Waals surface area contributed by atoms with Gasteiger partial charge in [-0.3, -0.25) is 0 Å². The summed E-state index contributed by atoms with van der Waals surface area (Å²) in [5.41, 5.74) is 4.51. The summed E-state index contributed by atoms with van der Waals surface area (Å²) < 4.78 is 160. The lowest BCUT2D eigenvalue weighted by atomic mass is 10.0. The number of alkyl halides is 12. The first-order valence-corrected chi connectivity index (χ1v) is 22.6. The van der Waals surface area contributed by atoms with E-state index in [0.717, 1.165) is 81.9 Å². The molecule has 14 heteroatoms. The molecule has 74 heavy (non-hydrogen) atoms. The highest BCUT2D eigenvalue weighted by Crippen LogP contribution is 2.41. The molecule has 0 aliphatic heterocycles. The molecule has 0 spiro atoms. The van der Waals surface area contributed by atoms with E-state index in [1.807, 2.05) is 97.1 Å². The second kappa shape index (κ2) is 21.7. The minimum absolute atomic E-state index is 0.330. The van der Waals surface area contributed by atoms with Crippen LogP contribution in [0.4, 0.5) is 86.8 Å². The van der Waals surface area contributed by atoms with Gasteiger partial charge in [-0.05, 0) is 155 Å². The van der Waals surface area contributed by atoms with Gasteiger partial charge in [0.1, 0.15) is 0 Å². The highest BCUT2D eigenvalue weighted by molar-refractivity contribution is 5.79. The number of nitrogens with zero attached hydrogens (tertiary/aromatic N) is 2. The van der Waals surface area contributed by atoms with Crippen LogP contribution in [0.25, 0.3) is 35.4 Å². The van der Waals surface area contributed by atoms with Gasteiger partial charge in [-0.1, -0.05) is 121 Å². The van der Waals surface area contributed by atoms with E-state index in [4.69, 9.17) is 0 Å². The average molecular weight is 1020 g/mol. The Bertz CT molecular complexity index is 2900. The Morgan fingerprint density at radius 3 is 0.554 bits per heavy atom. The smallest absolute Gasteiger partial charge is 0.311 e. The second-order valence-corrected chi connectivity index (χ2v) is 16.7. The zero-order chi connectivity index (χ0) is 52.7. The van der Waals surface area contributed by atoms with Crippen LogP contribution in [0.3, 0.4) is 0 Å². The Balaban J connectivity index is 0.869. The van der Waals surface area contributed by atoms with E-state index in [9.17, 15) is 52.7 Å². The maximum absolute atomic E-state index is 13.3. The van der Waals surface area contributed by atoms with Gasteiger partial charge in [0.15, 0.2) is 0 Å². The Kier molecular flexibility index (Phi) is 15.2. The summed E-state index contributed by atoms with van der Waals surface area (Å²) >= 11 is 0. The van der Waals surface area contributed by atoms with Crippen LogP contribution < -0.4 is 9.80 Å². The van der Waals surface area contributed by atoms with E-state index >= 15 is 0 Å². The third-order valence-corrected chi connectivity index (χ3v) is 11.6. The highest BCUT2D eigenvalue weighted by Gasteiger charge is 2.33. The van der Waals surface area contributed by atoms with Gasteiger partial charge in [-0.25, -0.2) is 0 Å². The molecule has 0 N–H and O–H groups in total. The van der Waals surface area contributed by atoms with Crippen molar-refractivity contribution >= 4 is 58.4 Å². The normalized spacial score (nSPS) is 12.6. The van der Waals surface area contributed by atoms with Gasteiger partial charge in [-0.2, -0.15) is 52.7 Å². The molecular weight excluding hydrogens is 977 g/mol. The first-order chi connectivity index (χ1) is 35.2. The van der Waals surface area contributed by atoms with Crippen LogP contribution in [-0.2, 0) is 24.7 Å². The monoisotopic (exact) mass is 1020 g/mol. The molecule has 0 radical (unpaired) electrons. The fourth-order valence-corrected chi connectivity index (χ4v) is 7.80. The topological polar surface area (TPSA) is 6.48 Å². The summed E-state index contributed by atoms with van der Waals surface area (Å²) in [7, 11) is 0. The molecule has 8 aromatic rings. The van der Waals surface area contributed by atoms with E-state index in [2.05, 4.69) is 0 Å². The second-order valence-electron chi connectivity index (χ2n) is 16.7. The number of halogens is 12. The molecule has 0 aliphatic rings. The molecule has 0 atom stereocenters. The summed E-state index contributed by atoms with van der Waals surface area (Å²) in [5, 5.41) is 0. The third kappa shape index (κ3) is 13.1. The van der Waals surface area contributed by atoms with Crippen molar-refractivity contribution in [2.24, 2.45) is 0 Å². The molecule has 0 saturated heterocycles. The van der Waals surface area contributed by atoms with Gasteiger partial charge in [0.2, 0.25) is 0 Å². The van der Waals surface area contributed by atoms with Gasteiger partial charge < -0.3 is 9.80 Å². The van der Waals surface area contributed by atoms with Crippen molar-refractivity contribution in [3.05, 3.63) is 263 Å². The number of benzene rings is 8. The molecule has 0 aromatic heterocycles. The molecule has 0 aliphatic carbocycles. The Morgan fingerprint density at radius 1 is 0.216 bits per heavy atom. The number of hydrogen-bond donors (Lipinski definition) is 0. The molecule has 0 fully saturated rings. The molecule has 8 rings (SSSR count). The van der Waals surface area contributed by atoms with Crippen molar-refractivity contribution in [1.29, 1.82) is 0 Å². The minimum atomic E-state index is -4.55. The summed E-state index contributed by atoms with van der Waals surface area (Å²) in [6, 6.07) is 47.6. The number of hydrogen-bond acceptors (Lipinski definition) is 2. The minimum Gasteiger partial charge on any atom is -0.311 e. The Labute approximate surface area is 418 Å². The van der Waals surface area contributed by atoms with Crippen LogP contribution in [-0.4, -0.2) is 0 Å². The van der Waals surface area contributed by atoms with Gasteiger partial charge >= 0.3 is 24.7 Å². The average Bonchev–Trinajstić information content (AvgIpc) is 3.37. The van der Waals surface area contributed by atoms with Crippen molar-refractivity contribution in [2.45, 2.75) is 24.7 Å². The van der Waals surface area contributed by atoms with Crippen molar-refractivity contribution in [3.8, 4) is 11.1 Å². The van der Waals surface area contributed by atoms with Crippen molar-refractivity contribution < 1.29 is 52.7 Å². The van der Waals surface area contributed by atoms with E-state index in [1.165, 1.54) is 48.5 Å². The van der Waals surface area contributed by atoms with Crippen molar-refractivity contribution in [3.63, 3.8) is 0 Å². The van der Waals surface area contributed by atoms with Crippen LogP contribution in [0.2, 0.25) is 0 Å². The summed E-state index contributed by atoms with van der Waals surface area (Å²) in [5.74, 6) is 0. The molecule has 374 valence electrons. The standard InChI is InChI=1S/C60H40F12N2/c61-57(62,63)47-21-33-53(34-22-47)73(54-35-23-48(24-36-54)58(64,65)66)51-29-13-43(14-30-51)7-3-1-5-41-9-17-45(18-10-41)46-19-11-42(12-20-46)6-2-4-8-44-15-31-52(32-16-44)74(55-37-25-49(26-38-55)59(67,68)69)56-39-27-50(28-40-56)60(70,71)72/h1-40H/b5-1+,6-2+,7-3+,8-4+. The van der Waals surface area contributed by atoms with Gasteiger partial charge in [0, 0.05) is 34.1 Å². The maximum Gasteiger partial charge on any atom is 0.416 e. The van der Waals surface area contributed by atoms with Gasteiger partial charge in [0.05, 0.1) is 22.3 Å². The molecule has 0 amide bonds. The lowest BCUT2D eigenvalue weighted by Crippen LogP contribution is -2.12. The van der Waals surface area contributed by atoms with Gasteiger partial charge in [0.25, 0.3) is 0 Å². The van der Waals surface area contributed by atoms with Crippen LogP contribution in [0.1, 0.15) is 44.5 Å². The van der Waals surface area contributed by atoms with Crippen LogP contribution in [0.5, 0.6) is 0 Å². The Hall–Kier alpha value is -8.52.